The highest BCUT2D eigenvalue weighted by atomic mass is 32.2. The van der Waals surface area contributed by atoms with E-state index < -0.39 is 10.1 Å². The van der Waals surface area contributed by atoms with Crippen LogP contribution in [0, 0.1) is 0 Å². The topological polar surface area (TPSA) is 128 Å². The molecule has 1 aliphatic heterocycles. The lowest BCUT2D eigenvalue weighted by molar-refractivity contribution is 0.254. The van der Waals surface area contributed by atoms with Crippen LogP contribution in [0.4, 0.5) is 0 Å². The van der Waals surface area contributed by atoms with Gasteiger partial charge in [0.2, 0.25) is 5.96 Å². The Labute approximate surface area is 88.5 Å². The molecule has 15 heavy (non-hydrogen) atoms. The lowest BCUT2D eigenvalue weighted by Crippen LogP contribution is -2.43. The molecule has 0 fully saturated rings. The predicted molar refractivity (Wildman–Crippen MR) is 55.8 cm³/mol. The first kappa shape index (κ1) is 14.1. The molecule has 0 atom stereocenters. The van der Waals surface area contributed by atoms with Gasteiger partial charge in [0.05, 0.1) is 19.4 Å². The standard InChI is InChI=1S/C5H12N4O.CH4O3S/c6-8-5-7-1-2-9(5)3-4-10;1-5(2,3)4/h10H,1-4,6H2,(H,7,8);1H3,(H,2,3,4). The zero-order valence-electron chi connectivity index (χ0n) is 8.42. The number of aliphatic hydroxyl groups excluding tert-OH is 1. The van der Waals surface area contributed by atoms with Gasteiger partial charge in [-0.1, -0.05) is 0 Å². The summed E-state index contributed by atoms with van der Waals surface area (Å²) in [5, 5.41) is 8.57. The Morgan fingerprint density at radius 3 is 2.60 bits per heavy atom. The Morgan fingerprint density at radius 1 is 1.67 bits per heavy atom. The molecule has 5 N–H and O–H groups in total. The number of aliphatic imine (C=N–C) groups is 1. The third kappa shape index (κ3) is 8.12. The second kappa shape index (κ2) is 6.56. The molecule has 0 unspecified atom stereocenters. The second-order valence-electron chi connectivity index (χ2n) is 2.79. The Hall–Kier alpha value is -0.900. The van der Waals surface area contributed by atoms with Crippen molar-refractivity contribution in [3.05, 3.63) is 0 Å². The fourth-order valence-electron chi connectivity index (χ4n) is 0.958. The third-order valence-electron chi connectivity index (χ3n) is 1.43. The molecule has 0 bridgehead atoms. The van der Waals surface area contributed by atoms with Gasteiger partial charge in [-0.25, -0.2) is 5.84 Å². The van der Waals surface area contributed by atoms with Crippen LogP contribution in [0.25, 0.3) is 0 Å². The molecular weight excluding hydrogens is 224 g/mol. The highest BCUT2D eigenvalue weighted by Gasteiger charge is 2.13. The monoisotopic (exact) mass is 240 g/mol. The van der Waals surface area contributed by atoms with Crippen molar-refractivity contribution in [2.45, 2.75) is 0 Å². The number of nitrogens with zero attached hydrogens (tertiary/aromatic N) is 2. The first-order chi connectivity index (χ1) is 6.88. The van der Waals surface area contributed by atoms with E-state index in [1.165, 1.54) is 0 Å². The number of aliphatic hydroxyl groups is 1. The average Bonchev–Trinajstić information content (AvgIpc) is 2.49. The van der Waals surface area contributed by atoms with Crippen molar-refractivity contribution in [2.24, 2.45) is 10.8 Å². The highest BCUT2D eigenvalue weighted by molar-refractivity contribution is 7.85. The molecule has 8 nitrogen and oxygen atoms in total. The third-order valence-corrected chi connectivity index (χ3v) is 1.43. The van der Waals surface area contributed by atoms with Gasteiger partial charge < -0.3 is 10.0 Å². The maximum atomic E-state index is 9.19. The van der Waals surface area contributed by atoms with Crippen molar-refractivity contribution < 1.29 is 18.1 Å². The van der Waals surface area contributed by atoms with Gasteiger partial charge in [-0.05, 0) is 0 Å². The van der Waals surface area contributed by atoms with Gasteiger partial charge in [-0.2, -0.15) is 8.42 Å². The van der Waals surface area contributed by atoms with Crippen molar-refractivity contribution in [3.8, 4) is 0 Å². The first-order valence-corrected chi connectivity index (χ1v) is 6.02. The average molecular weight is 240 g/mol. The summed E-state index contributed by atoms with van der Waals surface area (Å²) >= 11 is 0. The maximum absolute atomic E-state index is 9.19. The number of guanidine groups is 1. The first-order valence-electron chi connectivity index (χ1n) is 4.17. The van der Waals surface area contributed by atoms with Crippen LogP contribution >= 0.6 is 0 Å². The smallest absolute Gasteiger partial charge is 0.261 e. The number of rotatable bonds is 2. The van der Waals surface area contributed by atoms with E-state index in [9.17, 15) is 8.42 Å². The molecule has 90 valence electrons. The molecule has 0 saturated carbocycles. The van der Waals surface area contributed by atoms with Crippen molar-refractivity contribution in [3.63, 3.8) is 0 Å². The number of hydrogen-bond acceptors (Lipinski definition) is 7. The SMILES string of the molecule is CS(=O)(=O)O.NNC1=NCCN1CCO. The van der Waals surface area contributed by atoms with E-state index in [2.05, 4.69) is 10.4 Å². The number of hydrazine groups is 1. The van der Waals surface area contributed by atoms with Crippen LogP contribution in [0.3, 0.4) is 0 Å². The maximum Gasteiger partial charge on any atom is 0.261 e. The second-order valence-corrected chi connectivity index (χ2v) is 4.26. The fourth-order valence-corrected chi connectivity index (χ4v) is 0.958. The van der Waals surface area contributed by atoms with Gasteiger partial charge in [-0.15, -0.1) is 0 Å². The zero-order valence-corrected chi connectivity index (χ0v) is 9.24. The Balaban J connectivity index is 0.000000336. The molecular formula is C6H16N4O4S. The minimum atomic E-state index is -3.67. The number of β-amino-alcohol motifs (C(OH)–C–C–N with tert-alkyl or cyclic N) is 1. The molecule has 1 heterocycles. The van der Waals surface area contributed by atoms with Crippen molar-refractivity contribution in [1.29, 1.82) is 0 Å². The number of hydrogen-bond donors (Lipinski definition) is 4. The van der Waals surface area contributed by atoms with Gasteiger partial charge in [-0.3, -0.25) is 15.0 Å². The largest absolute Gasteiger partial charge is 0.395 e. The summed E-state index contributed by atoms with van der Waals surface area (Å²) in [6.45, 7) is 2.35. The highest BCUT2D eigenvalue weighted by Crippen LogP contribution is 1.96. The van der Waals surface area contributed by atoms with E-state index in [1.54, 1.807) is 0 Å². The summed E-state index contributed by atoms with van der Waals surface area (Å²) < 4.78 is 25.9. The van der Waals surface area contributed by atoms with Gasteiger partial charge in [0.15, 0.2) is 0 Å². The molecule has 0 aliphatic carbocycles. The van der Waals surface area contributed by atoms with E-state index in [0.29, 0.717) is 18.8 Å². The van der Waals surface area contributed by atoms with Gasteiger partial charge in [0.1, 0.15) is 0 Å². The van der Waals surface area contributed by atoms with Crippen LogP contribution in [0.15, 0.2) is 4.99 Å². The quantitative estimate of drug-likeness (QED) is 0.241. The van der Waals surface area contributed by atoms with Crippen molar-refractivity contribution >= 4 is 16.1 Å². The molecule has 0 aromatic heterocycles. The lowest BCUT2D eigenvalue weighted by atomic mass is 10.5. The minimum absolute atomic E-state index is 0.140. The summed E-state index contributed by atoms with van der Waals surface area (Å²) in [6.07, 6.45) is 0.715. The van der Waals surface area contributed by atoms with Crippen LogP contribution in [0.2, 0.25) is 0 Å². The molecule has 0 radical (unpaired) electrons. The summed E-state index contributed by atoms with van der Waals surface area (Å²) in [5.41, 5.74) is 2.46. The molecule has 0 aromatic carbocycles. The van der Waals surface area contributed by atoms with Crippen LogP contribution in [0.5, 0.6) is 0 Å². The van der Waals surface area contributed by atoms with Crippen LogP contribution < -0.4 is 11.3 Å². The number of nitrogens with one attached hydrogen (secondary N) is 1. The summed E-state index contributed by atoms with van der Waals surface area (Å²) in [4.78, 5) is 5.95. The molecule has 0 amide bonds. The molecule has 0 aromatic rings. The normalized spacial score (nSPS) is 15.5. The van der Waals surface area contributed by atoms with Crippen molar-refractivity contribution in [1.82, 2.24) is 10.3 Å². The van der Waals surface area contributed by atoms with Crippen LogP contribution in [-0.4, -0.2) is 61.4 Å². The minimum Gasteiger partial charge on any atom is -0.395 e. The predicted octanol–water partition coefficient (Wildman–Crippen LogP) is -2.38. The molecule has 1 rings (SSSR count). The van der Waals surface area contributed by atoms with Crippen LogP contribution in [-0.2, 0) is 10.1 Å². The zero-order chi connectivity index (χ0) is 11.9. The van der Waals surface area contributed by atoms with E-state index >= 15 is 0 Å². The van der Waals surface area contributed by atoms with E-state index in [0.717, 1.165) is 13.1 Å². The molecule has 9 heteroatoms. The summed E-state index contributed by atoms with van der Waals surface area (Å²) in [6, 6.07) is 0. The molecule has 1 aliphatic rings. The van der Waals surface area contributed by atoms with E-state index in [1.807, 2.05) is 4.90 Å². The number of nitrogens with two attached hydrogens (primary N) is 1. The van der Waals surface area contributed by atoms with Crippen LogP contribution in [0.1, 0.15) is 0 Å². The van der Waals surface area contributed by atoms with Gasteiger partial charge in [0.25, 0.3) is 10.1 Å². The summed E-state index contributed by atoms with van der Waals surface area (Å²) in [7, 11) is -3.67. The van der Waals surface area contributed by atoms with E-state index in [-0.39, 0.29) is 6.61 Å². The van der Waals surface area contributed by atoms with Crippen molar-refractivity contribution in [2.75, 3.05) is 32.5 Å². The van der Waals surface area contributed by atoms with Gasteiger partial charge in [0, 0.05) is 13.1 Å². The Kier molecular flexibility index (Phi) is 6.17. The Bertz CT molecular complexity index is 294. The molecule has 0 saturated heterocycles. The summed E-state index contributed by atoms with van der Waals surface area (Å²) in [5.74, 6) is 5.83. The fraction of sp³-hybridized carbons (Fsp3) is 0.833. The Morgan fingerprint density at radius 2 is 2.20 bits per heavy atom. The van der Waals surface area contributed by atoms with E-state index in [4.69, 9.17) is 15.5 Å². The van der Waals surface area contributed by atoms with Gasteiger partial charge >= 0.3 is 0 Å². The molecule has 0 spiro atoms. The lowest BCUT2D eigenvalue weighted by Gasteiger charge is -2.17.